The monoisotopic (exact) mass is 347 g/mol. The van der Waals surface area contributed by atoms with Crippen LogP contribution >= 0.6 is 0 Å². The van der Waals surface area contributed by atoms with Gasteiger partial charge >= 0.3 is 0 Å². The maximum atomic E-state index is 12.6. The molecule has 2 aromatic heterocycles. The van der Waals surface area contributed by atoms with Crippen molar-refractivity contribution in [3.63, 3.8) is 0 Å². The fourth-order valence-corrected chi connectivity index (χ4v) is 3.32. The van der Waals surface area contributed by atoms with Gasteiger partial charge in [0.1, 0.15) is 0 Å². The van der Waals surface area contributed by atoms with Crippen molar-refractivity contribution in [1.29, 1.82) is 0 Å². The summed E-state index contributed by atoms with van der Waals surface area (Å²) in [4.78, 5) is 17.0. The van der Waals surface area contributed by atoms with Gasteiger partial charge in [0.2, 0.25) is 5.91 Å². The fourth-order valence-electron chi connectivity index (χ4n) is 3.32. The van der Waals surface area contributed by atoms with Crippen LogP contribution < -0.4 is 10.6 Å². The molecule has 1 aliphatic heterocycles. The van der Waals surface area contributed by atoms with Crippen molar-refractivity contribution >= 4 is 11.6 Å². The number of carbonyl (C=O) groups excluding carboxylic acids is 1. The van der Waals surface area contributed by atoms with Gasteiger partial charge in [0, 0.05) is 12.2 Å². The highest BCUT2D eigenvalue weighted by molar-refractivity contribution is 5.95. The molecular weight excluding hydrogens is 326 g/mol. The minimum Gasteiger partial charge on any atom is -0.323 e. The lowest BCUT2D eigenvalue weighted by molar-refractivity contribution is -0.118. The van der Waals surface area contributed by atoms with Crippen molar-refractivity contribution in [2.24, 2.45) is 0 Å². The average molecular weight is 347 g/mol. The summed E-state index contributed by atoms with van der Waals surface area (Å²) in [5, 5.41) is 10.7. The predicted molar refractivity (Wildman–Crippen MR) is 100 cm³/mol. The van der Waals surface area contributed by atoms with E-state index < -0.39 is 0 Å². The highest BCUT2D eigenvalue weighted by Crippen LogP contribution is 2.18. The van der Waals surface area contributed by atoms with E-state index in [-0.39, 0.29) is 11.9 Å². The molecule has 0 spiro atoms. The molecule has 0 radical (unpaired) electrons. The van der Waals surface area contributed by atoms with E-state index in [4.69, 9.17) is 0 Å². The van der Waals surface area contributed by atoms with Crippen LogP contribution in [0.15, 0.2) is 48.7 Å². The molecule has 1 atom stereocenters. The van der Waals surface area contributed by atoms with E-state index in [0.29, 0.717) is 18.7 Å². The zero-order chi connectivity index (χ0) is 18.1. The van der Waals surface area contributed by atoms with Crippen molar-refractivity contribution in [3.05, 3.63) is 71.2 Å². The number of nitrogens with one attached hydrogen (secondary N) is 2. The van der Waals surface area contributed by atoms with E-state index in [1.807, 2.05) is 44.2 Å². The Hall–Kier alpha value is -2.99. The maximum Gasteiger partial charge on any atom is 0.241 e. The van der Waals surface area contributed by atoms with Crippen LogP contribution in [-0.2, 0) is 17.8 Å². The van der Waals surface area contributed by atoms with Crippen LogP contribution in [0.4, 0.5) is 5.69 Å². The lowest BCUT2D eigenvalue weighted by Gasteiger charge is -2.25. The molecule has 2 N–H and O–H groups in total. The van der Waals surface area contributed by atoms with Gasteiger partial charge in [0.25, 0.3) is 0 Å². The number of fused-ring (bicyclic) bond motifs is 1. The molecule has 26 heavy (non-hydrogen) atoms. The quantitative estimate of drug-likeness (QED) is 0.764. The number of pyridine rings is 1. The van der Waals surface area contributed by atoms with Gasteiger partial charge in [-0.3, -0.25) is 4.79 Å². The molecule has 1 amide bonds. The van der Waals surface area contributed by atoms with Gasteiger partial charge in [0.15, 0.2) is 5.82 Å². The van der Waals surface area contributed by atoms with Crippen molar-refractivity contribution in [2.45, 2.75) is 32.9 Å². The number of hydrogen-bond acceptors (Lipinski definition) is 4. The number of amides is 1. The van der Waals surface area contributed by atoms with E-state index in [1.54, 1.807) is 10.9 Å². The van der Waals surface area contributed by atoms with Crippen molar-refractivity contribution in [2.75, 3.05) is 5.32 Å². The Morgan fingerprint density at radius 1 is 1.19 bits per heavy atom. The van der Waals surface area contributed by atoms with Crippen LogP contribution in [-0.4, -0.2) is 26.7 Å². The number of nitrogens with zero attached hydrogens (tertiary/aromatic N) is 3. The summed E-state index contributed by atoms with van der Waals surface area (Å²) >= 11 is 0. The second-order valence-corrected chi connectivity index (χ2v) is 6.64. The SMILES string of the molecule is Cc1cc(C)n(-c2ccc(NC(=O)C3Cc4ccccc4CN3)cn2)n1. The summed E-state index contributed by atoms with van der Waals surface area (Å²) in [6.45, 7) is 4.65. The minimum atomic E-state index is -0.236. The van der Waals surface area contributed by atoms with E-state index >= 15 is 0 Å². The van der Waals surface area contributed by atoms with E-state index in [1.165, 1.54) is 11.1 Å². The Morgan fingerprint density at radius 3 is 2.69 bits per heavy atom. The summed E-state index contributed by atoms with van der Waals surface area (Å²) < 4.78 is 1.79. The van der Waals surface area contributed by atoms with Crippen LogP contribution in [0.2, 0.25) is 0 Å². The number of aryl methyl sites for hydroxylation is 2. The van der Waals surface area contributed by atoms with Crippen LogP contribution in [0.1, 0.15) is 22.5 Å². The third kappa shape index (κ3) is 3.23. The van der Waals surface area contributed by atoms with E-state index in [2.05, 4.69) is 32.8 Å². The first-order valence-electron chi connectivity index (χ1n) is 8.71. The first-order valence-corrected chi connectivity index (χ1v) is 8.71. The van der Waals surface area contributed by atoms with Gasteiger partial charge in [0.05, 0.1) is 23.6 Å². The zero-order valence-electron chi connectivity index (χ0n) is 14.9. The number of hydrogen-bond donors (Lipinski definition) is 2. The molecule has 1 aromatic carbocycles. The maximum absolute atomic E-state index is 12.6. The second-order valence-electron chi connectivity index (χ2n) is 6.64. The molecule has 0 aliphatic carbocycles. The third-order valence-corrected chi connectivity index (χ3v) is 4.64. The number of rotatable bonds is 3. The van der Waals surface area contributed by atoms with Gasteiger partial charge in [-0.2, -0.15) is 5.10 Å². The summed E-state index contributed by atoms with van der Waals surface area (Å²) in [6.07, 6.45) is 2.36. The Morgan fingerprint density at radius 2 is 2.00 bits per heavy atom. The van der Waals surface area contributed by atoms with E-state index in [9.17, 15) is 4.79 Å². The molecule has 3 aromatic rings. The highest BCUT2D eigenvalue weighted by atomic mass is 16.2. The standard InChI is InChI=1S/C20H21N5O/c1-13-9-14(2)25(24-13)19-8-7-17(12-22-19)23-20(26)18-10-15-5-3-4-6-16(15)11-21-18/h3-9,12,18,21H,10-11H2,1-2H3,(H,23,26). The topological polar surface area (TPSA) is 71.8 Å². The van der Waals surface area contributed by atoms with Gasteiger partial charge in [-0.05, 0) is 49.6 Å². The normalized spacial score (nSPS) is 16.2. The Kier molecular flexibility index (Phi) is 4.26. The molecule has 0 saturated carbocycles. The highest BCUT2D eigenvalue weighted by Gasteiger charge is 2.23. The van der Waals surface area contributed by atoms with Crippen LogP contribution in [0.3, 0.4) is 0 Å². The molecule has 132 valence electrons. The molecule has 6 heteroatoms. The molecule has 3 heterocycles. The van der Waals surface area contributed by atoms with Crippen molar-refractivity contribution < 1.29 is 4.79 Å². The first kappa shape index (κ1) is 16.5. The molecule has 1 aliphatic rings. The average Bonchev–Trinajstić information content (AvgIpc) is 3.00. The van der Waals surface area contributed by atoms with Gasteiger partial charge in [-0.15, -0.1) is 0 Å². The first-order chi connectivity index (χ1) is 12.6. The minimum absolute atomic E-state index is 0.0415. The zero-order valence-corrected chi connectivity index (χ0v) is 14.9. The summed E-state index contributed by atoms with van der Waals surface area (Å²) in [5.74, 6) is 0.693. The Balaban J connectivity index is 1.44. The number of benzene rings is 1. The predicted octanol–water partition coefficient (Wildman–Crippen LogP) is 2.54. The molecule has 1 unspecified atom stereocenters. The van der Waals surface area contributed by atoms with Gasteiger partial charge < -0.3 is 10.6 Å². The molecule has 0 fully saturated rings. The number of aromatic nitrogens is 3. The van der Waals surface area contributed by atoms with Gasteiger partial charge in [-0.1, -0.05) is 24.3 Å². The number of carbonyl (C=O) groups is 1. The van der Waals surface area contributed by atoms with Crippen molar-refractivity contribution in [3.8, 4) is 5.82 Å². The lowest BCUT2D eigenvalue weighted by Crippen LogP contribution is -2.44. The van der Waals surface area contributed by atoms with Crippen LogP contribution in [0.25, 0.3) is 5.82 Å². The molecular formula is C20H21N5O. The second kappa shape index (κ2) is 6.72. The summed E-state index contributed by atoms with van der Waals surface area (Å²) in [7, 11) is 0. The summed E-state index contributed by atoms with van der Waals surface area (Å²) in [5.41, 5.74) is 5.14. The van der Waals surface area contributed by atoms with Crippen LogP contribution in [0, 0.1) is 13.8 Å². The smallest absolute Gasteiger partial charge is 0.241 e. The Labute approximate surface area is 152 Å². The van der Waals surface area contributed by atoms with Crippen molar-refractivity contribution in [1.82, 2.24) is 20.1 Å². The van der Waals surface area contributed by atoms with Crippen LogP contribution in [0.5, 0.6) is 0 Å². The fraction of sp³-hybridized carbons (Fsp3) is 0.250. The Bertz CT molecular complexity index is 945. The lowest BCUT2D eigenvalue weighted by atomic mass is 9.95. The number of anilines is 1. The molecule has 0 saturated heterocycles. The molecule has 6 nitrogen and oxygen atoms in total. The van der Waals surface area contributed by atoms with Gasteiger partial charge in [-0.25, -0.2) is 9.67 Å². The molecule has 4 rings (SSSR count). The third-order valence-electron chi connectivity index (χ3n) is 4.64. The van der Waals surface area contributed by atoms with E-state index in [0.717, 1.165) is 17.2 Å². The largest absolute Gasteiger partial charge is 0.323 e. The molecule has 0 bridgehead atoms. The summed E-state index contributed by atoms with van der Waals surface area (Å²) in [6, 6.07) is 13.7.